The van der Waals surface area contributed by atoms with Crippen LogP contribution < -0.4 is 22.1 Å². The number of hydrogen-bond acceptors (Lipinski definition) is 10. The third-order valence-corrected chi connectivity index (χ3v) is 5.36. The number of imidazole rings is 1. The lowest BCUT2D eigenvalue weighted by molar-refractivity contribution is -0.421. The molecule has 12 nitrogen and oxygen atoms in total. The lowest BCUT2D eigenvalue weighted by Gasteiger charge is -2.30. The quantitative estimate of drug-likeness (QED) is 0.261. The van der Waals surface area contributed by atoms with Crippen LogP contribution in [-0.4, -0.2) is 62.7 Å². The second-order valence-electron chi connectivity index (χ2n) is 7.48. The summed E-state index contributed by atoms with van der Waals surface area (Å²) in [6, 6.07) is 1.70. The van der Waals surface area contributed by atoms with E-state index in [0.29, 0.717) is 36.3 Å². The van der Waals surface area contributed by atoms with E-state index in [1.807, 2.05) is 10.6 Å². The van der Waals surface area contributed by atoms with Gasteiger partial charge in [-0.1, -0.05) is 11.6 Å². The molecule has 6 N–H and O–H groups in total. The zero-order valence-electron chi connectivity index (χ0n) is 16.8. The number of aromatic nitrogens is 3. The number of nitro groups is 1. The summed E-state index contributed by atoms with van der Waals surface area (Å²) in [5.41, 5.74) is 12.4. The summed E-state index contributed by atoms with van der Waals surface area (Å²) in [4.78, 5) is 21.7. The van der Waals surface area contributed by atoms with Gasteiger partial charge in [-0.2, -0.15) is 0 Å². The summed E-state index contributed by atoms with van der Waals surface area (Å²) in [5.74, 6) is 0.460. The topological polar surface area (TPSA) is 162 Å². The lowest BCUT2D eigenvalue weighted by Crippen LogP contribution is -2.55. The van der Waals surface area contributed by atoms with Crippen LogP contribution in [0.15, 0.2) is 35.9 Å². The Kier molecular flexibility index (Phi) is 5.96. The highest BCUT2D eigenvalue weighted by Gasteiger charge is 2.30. The summed E-state index contributed by atoms with van der Waals surface area (Å²) in [5, 5.41) is 17.3. The molecule has 1 fully saturated rings. The molecule has 0 saturated carbocycles. The van der Waals surface area contributed by atoms with Crippen LogP contribution in [0.1, 0.15) is 12.1 Å². The lowest BCUT2D eigenvalue weighted by atomic mass is 10.0. The average molecular weight is 450 g/mol. The Morgan fingerprint density at radius 3 is 2.87 bits per heavy atom. The van der Waals surface area contributed by atoms with Crippen LogP contribution in [0.25, 0.3) is 5.65 Å². The SMILES string of the molecule is NC1=C([N+](=O)[O-])C=CC(N)(CCNc2nc(Cl)cc3nc(CN4CCOCC4)cn23)N1. The minimum atomic E-state index is -1.02. The third-order valence-electron chi connectivity index (χ3n) is 5.16. The molecule has 4 heterocycles. The van der Waals surface area contributed by atoms with Crippen molar-refractivity contribution < 1.29 is 9.66 Å². The van der Waals surface area contributed by atoms with E-state index in [0.717, 1.165) is 32.0 Å². The van der Waals surface area contributed by atoms with E-state index in [2.05, 4.69) is 25.5 Å². The van der Waals surface area contributed by atoms with Crippen LogP contribution in [0.4, 0.5) is 5.95 Å². The summed E-state index contributed by atoms with van der Waals surface area (Å²) in [7, 11) is 0. The van der Waals surface area contributed by atoms with Crippen LogP contribution >= 0.6 is 11.6 Å². The maximum absolute atomic E-state index is 10.9. The Morgan fingerprint density at radius 1 is 1.39 bits per heavy atom. The van der Waals surface area contributed by atoms with Crippen molar-refractivity contribution >= 4 is 23.2 Å². The van der Waals surface area contributed by atoms with Crippen LogP contribution in [0.2, 0.25) is 5.15 Å². The van der Waals surface area contributed by atoms with Gasteiger partial charge in [-0.15, -0.1) is 0 Å². The Bertz CT molecular complexity index is 1050. The molecule has 1 saturated heterocycles. The molecular weight excluding hydrogens is 426 g/mol. The predicted molar refractivity (Wildman–Crippen MR) is 115 cm³/mol. The van der Waals surface area contributed by atoms with Crippen molar-refractivity contribution in [3.05, 3.63) is 56.9 Å². The summed E-state index contributed by atoms with van der Waals surface area (Å²) in [6.07, 6.45) is 5.16. The standard InChI is InChI=1S/C18H24ClN9O3/c19-14-9-15-23-12(10-26-5-7-31-8-6-26)11-27(15)17(24-14)22-4-3-18(21)2-1-13(28(29)30)16(20)25-18/h1-2,9,11,25H,3-8,10,20-21H2,(H,22,24). The zero-order valence-corrected chi connectivity index (χ0v) is 17.5. The first-order valence-corrected chi connectivity index (χ1v) is 10.2. The Labute approximate surface area is 183 Å². The van der Waals surface area contributed by atoms with Gasteiger partial charge in [0.05, 0.1) is 23.8 Å². The van der Waals surface area contributed by atoms with E-state index in [9.17, 15) is 10.1 Å². The number of morpholine rings is 1. The normalized spacial score (nSPS) is 22.0. The molecule has 0 aliphatic carbocycles. The molecule has 0 amide bonds. The van der Waals surface area contributed by atoms with Gasteiger partial charge in [0.2, 0.25) is 5.95 Å². The van der Waals surface area contributed by atoms with Gasteiger partial charge in [0.15, 0.2) is 5.82 Å². The highest BCUT2D eigenvalue weighted by molar-refractivity contribution is 6.29. The van der Waals surface area contributed by atoms with E-state index >= 15 is 0 Å². The van der Waals surface area contributed by atoms with Crippen LogP contribution in [0, 0.1) is 10.1 Å². The number of hydrogen-bond donors (Lipinski definition) is 4. The summed E-state index contributed by atoms with van der Waals surface area (Å²) >= 11 is 6.18. The van der Waals surface area contributed by atoms with Crippen LogP contribution in [0.5, 0.6) is 0 Å². The minimum absolute atomic E-state index is 0.0689. The Morgan fingerprint density at radius 2 is 2.16 bits per heavy atom. The van der Waals surface area contributed by atoms with Crippen molar-refractivity contribution in [2.45, 2.75) is 18.6 Å². The van der Waals surface area contributed by atoms with Gasteiger partial charge in [0.1, 0.15) is 16.5 Å². The second kappa shape index (κ2) is 8.67. The predicted octanol–water partition coefficient (Wildman–Crippen LogP) is 0.236. The molecule has 0 bridgehead atoms. The van der Waals surface area contributed by atoms with Crippen molar-refractivity contribution in [2.75, 3.05) is 38.2 Å². The molecule has 0 spiro atoms. The van der Waals surface area contributed by atoms with Gasteiger partial charge in [-0.05, 0) is 6.08 Å². The maximum Gasteiger partial charge on any atom is 0.308 e. The fourth-order valence-corrected chi connectivity index (χ4v) is 3.74. The second-order valence-corrected chi connectivity index (χ2v) is 7.87. The number of ether oxygens (including phenoxy) is 1. The molecular formula is C18H24ClN9O3. The largest absolute Gasteiger partial charge is 0.380 e. The van der Waals surface area contributed by atoms with Crippen molar-refractivity contribution in [2.24, 2.45) is 11.5 Å². The first kappa shape index (κ1) is 21.3. The van der Waals surface area contributed by atoms with E-state index in [1.54, 1.807) is 6.07 Å². The number of rotatable bonds is 7. The average Bonchev–Trinajstić information content (AvgIpc) is 3.10. The Balaban J connectivity index is 1.43. The van der Waals surface area contributed by atoms with Crippen molar-refractivity contribution in [3.8, 4) is 0 Å². The van der Waals surface area contributed by atoms with E-state index in [4.69, 9.17) is 27.8 Å². The van der Waals surface area contributed by atoms with Crippen LogP contribution in [0.3, 0.4) is 0 Å². The van der Waals surface area contributed by atoms with E-state index in [-0.39, 0.29) is 11.5 Å². The first-order valence-electron chi connectivity index (χ1n) is 9.82. The van der Waals surface area contributed by atoms with Gasteiger partial charge in [-0.25, -0.2) is 9.97 Å². The molecule has 13 heteroatoms. The number of halogens is 1. The summed E-state index contributed by atoms with van der Waals surface area (Å²) < 4.78 is 7.23. The number of nitrogens with zero attached hydrogens (tertiary/aromatic N) is 5. The molecule has 2 aromatic rings. The van der Waals surface area contributed by atoms with Crippen molar-refractivity contribution in [1.29, 1.82) is 0 Å². The third kappa shape index (κ3) is 4.88. The molecule has 0 aromatic carbocycles. The smallest absolute Gasteiger partial charge is 0.308 e. The van der Waals surface area contributed by atoms with Crippen molar-refractivity contribution in [3.63, 3.8) is 0 Å². The van der Waals surface area contributed by atoms with Gasteiger partial charge in [0, 0.05) is 50.9 Å². The Hall–Kier alpha value is -2.93. The molecule has 4 rings (SSSR count). The van der Waals surface area contributed by atoms with Crippen LogP contribution in [-0.2, 0) is 11.3 Å². The molecule has 166 valence electrons. The molecule has 2 aromatic heterocycles. The maximum atomic E-state index is 10.9. The van der Waals surface area contributed by atoms with Crippen molar-refractivity contribution in [1.82, 2.24) is 24.6 Å². The number of anilines is 1. The summed E-state index contributed by atoms with van der Waals surface area (Å²) in [6.45, 7) is 4.31. The molecule has 31 heavy (non-hydrogen) atoms. The number of fused-ring (bicyclic) bond motifs is 1. The zero-order chi connectivity index (χ0) is 22.0. The number of nitrogens with two attached hydrogens (primary N) is 2. The minimum Gasteiger partial charge on any atom is -0.380 e. The number of allylic oxidation sites excluding steroid dienone is 1. The molecule has 1 unspecified atom stereocenters. The number of nitrogens with one attached hydrogen (secondary N) is 2. The fraction of sp³-hybridized carbons (Fsp3) is 0.444. The molecule has 1 atom stereocenters. The molecule has 2 aliphatic heterocycles. The van der Waals surface area contributed by atoms with Gasteiger partial charge >= 0.3 is 5.70 Å². The highest BCUT2D eigenvalue weighted by atomic mass is 35.5. The fourth-order valence-electron chi connectivity index (χ4n) is 3.56. The molecule has 2 aliphatic rings. The van der Waals surface area contributed by atoms with E-state index in [1.165, 1.54) is 12.2 Å². The highest BCUT2D eigenvalue weighted by Crippen LogP contribution is 2.20. The van der Waals surface area contributed by atoms with E-state index < -0.39 is 10.6 Å². The number of dihydropyridines is 1. The van der Waals surface area contributed by atoms with Gasteiger partial charge in [-0.3, -0.25) is 19.4 Å². The first-order chi connectivity index (χ1) is 14.8. The van der Waals surface area contributed by atoms with Gasteiger partial charge in [0.25, 0.3) is 0 Å². The monoisotopic (exact) mass is 449 g/mol. The molecule has 0 radical (unpaired) electrons. The van der Waals surface area contributed by atoms with Gasteiger partial charge < -0.3 is 26.8 Å².